The average molecular weight is 604 g/mol. The SMILES string of the molecule is COc1cc(Cl)ccc1S(=O)(=O)NC(c1n[nH]c(=O)o1)C(C)c1c(F)ccc(-c2cnc3c(c2)OCCN3C)c1C. The van der Waals surface area contributed by atoms with E-state index < -0.39 is 33.6 Å². The fraction of sp³-hybridized carbons (Fsp3) is 0.296. The molecule has 2 atom stereocenters. The predicted molar refractivity (Wildman–Crippen MR) is 150 cm³/mol. The molecule has 2 aromatic heterocycles. The Bertz CT molecular complexity index is 1780. The number of aromatic amines is 1. The summed E-state index contributed by atoms with van der Waals surface area (Å²) in [4.78, 5) is 18.2. The molecule has 2 N–H and O–H groups in total. The third-order valence-corrected chi connectivity index (χ3v) is 8.74. The van der Waals surface area contributed by atoms with E-state index in [9.17, 15) is 13.2 Å². The van der Waals surface area contributed by atoms with E-state index in [-0.39, 0.29) is 27.1 Å². The average Bonchev–Trinajstić information content (AvgIpc) is 3.37. The molecule has 4 aromatic rings. The van der Waals surface area contributed by atoms with Crippen LogP contribution in [0.5, 0.6) is 11.5 Å². The lowest BCUT2D eigenvalue weighted by Gasteiger charge is -2.27. The molecular formula is C27H27ClFN5O6S. The van der Waals surface area contributed by atoms with Crippen molar-refractivity contribution in [1.82, 2.24) is 19.9 Å². The number of fused-ring (bicyclic) bond motifs is 1. The van der Waals surface area contributed by atoms with Crippen LogP contribution in [0.3, 0.4) is 0 Å². The van der Waals surface area contributed by atoms with Crippen molar-refractivity contribution in [3.05, 3.63) is 81.0 Å². The monoisotopic (exact) mass is 603 g/mol. The maximum absolute atomic E-state index is 15.5. The molecule has 1 aliphatic rings. The fourth-order valence-electron chi connectivity index (χ4n) is 4.94. The summed E-state index contributed by atoms with van der Waals surface area (Å²) in [5, 5.41) is 6.27. The Morgan fingerprint density at radius 1 is 1.24 bits per heavy atom. The van der Waals surface area contributed by atoms with Crippen LogP contribution in [0.2, 0.25) is 5.02 Å². The minimum atomic E-state index is -4.32. The third-order valence-electron chi connectivity index (χ3n) is 7.02. The molecule has 0 aliphatic carbocycles. The maximum Gasteiger partial charge on any atom is 0.434 e. The Morgan fingerprint density at radius 2 is 2.02 bits per heavy atom. The van der Waals surface area contributed by atoms with Crippen molar-refractivity contribution in [3.63, 3.8) is 0 Å². The van der Waals surface area contributed by atoms with Crippen molar-refractivity contribution in [3.8, 4) is 22.6 Å². The first-order valence-corrected chi connectivity index (χ1v) is 14.4. The van der Waals surface area contributed by atoms with Crippen LogP contribution in [0.1, 0.15) is 35.9 Å². The topological polar surface area (TPSA) is 140 Å². The Morgan fingerprint density at radius 3 is 2.73 bits per heavy atom. The second-order valence-corrected chi connectivity index (χ2v) is 11.7. The number of hydrogen-bond acceptors (Lipinski definition) is 9. The molecule has 11 nitrogen and oxygen atoms in total. The number of likely N-dealkylation sites (N-methyl/N-ethyl adjacent to an activating group) is 1. The molecule has 0 fully saturated rings. The van der Waals surface area contributed by atoms with Crippen LogP contribution in [0.15, 0.2) is 56.7 Å². The molecule has 0 bridgehead atoms. The summed E-state index contributed by atoms with van der Waals surface area (Å²) in [6, 6.07) is 7.50. The first kappa shape index (κ1) is 28.6. The van der Waals surface area contributed by atoms with E-state index in [2.05, 4.69) is 19.9 Å². The lowest BCUT2D eigenvalue weighted by Crippen LogP contribution is -2.33. The zero-order valence-corrected chi connectivity index (χ0v) is 24.1. The first-order chi connectivity index (χ1) is 19.5. The van der Waals surface area contributed by atoms with Gasteiger partial charge >= 0.3 is 5.76 Å². The number of anilines is 1. The van der Waals surface area contributed by atoms with Crippen molar-refractivity contribution >= 4 is 27.4 Å². The van der Waals surface area contributed by atoms with Gasteiger partial charge in [-0.05, 0) is 47.9 Å². The minimum Gasteiger partial charge on any atom is -0.495 e. The standard InChI is InChI=1S/C27H27ClFN5O6S/c1-14-18(16-11-21-25(30-13-16)34(3)9-10-39-21)6-7-19(29)23(14)15(2)24(26-31-32-27(35)40-26)33-41(36,37)22-8-5-17(28)12-20(22)38-4/h5-8,11-13,15,24,33H,9-10H2,1-4H3,(H,32,35). The van der Waals surface area contributed by atoms with Crippen molar-refractivity contribution in [2.45, 2.75) is 30.7 Å². The second-order valence-electron chi connectivity index (χ2n) is 9.58. The van der Waals surface area contributed by atoms with Crippen molar-refractivity contribution in [2.75, 3.05) is 32.2 Å². The molecule has 216 valence electrons. The van der Waals surface area contributed by atoms with E-state index in [1.807, 2.05) is 18.0 Å². The number of aromatic nitrogens is 3. The van der Waals surface area contributed by atoms with Gasteiger partial charge in [-0.25, -0.2) is 27.7 Å². The number of hydrogen-bond donors (Lipinski definition) is 2. The van der Waals surface area contributed by atoms with Crippen LogP contribution in [-0.2, 0) is 10.0 Å². The molecule has 0 spiro atoms. The number of nitrogens with zero attached hydrogens (tertiary/aromatic N) is 3. The van der Waals surface area contributed by atoms with Crippen LogP contribution in [0, 0.1) is 12.7 Å². The number of methoxy groups -OCH3 is 1. The van der Waals surface area contributed by atoms with Gasteiger partial charge in [-0.15, -0.1) is 5.10 Å². The summed E-state index contributed by atoms with van der Waals surface area (Å²) in [6.07, 6.45) is 1.68. The van der Waals surface area contributed by atoms with Crippen LogP contribution >= 0.6 is 11.6 Å². The quantitative estimate of drug-likeness (QED) is 0.303. The predicted octanol–water partition coefficient (Wildman–Crippen LogP) is 4.19. The van der Waals surface area contributed by atoms with Gasteiger partial charge in [0.1, 0.15) is 29.1 Å². The van der Waals surface area contributed by atoms with E-state index in [1.165, 1.54) is 31.4 Å². The molecule has 0 amide bonds. The number of halogens is 2. The number of pyridine rings is 1. The summed E-state index contributed by atoms with van der Waals surface area (Å²) >= 11 is 6.01. The first-order valence-electron chi connectivity index (χ1n) is 12.5. The van der Waals surface area contributed by atoms with Crippen LogP contribution in [0.4, 0.5) is 10.2 Å². The summed E-state index contributed by atoms with van der Waals surface area (Å²) < 4.78 is 61.3. The number of ether oxygens (including phenoxy) is 2. The molecule has 2 aromatic carbocycles. The van der Waals surface area contributed by atoms with Crippen LogP contribution < -0.4 is 24.9 Å². The molecule has 0 radical (unpaired) electrons. The number of rotatable bonds is 8. The normalized spacial score (nSPS) is 14.7. The van der Waals surface area contributed by atoms with Gasteiger partial charge < -0.3 is 18.8 Å². The summed E-state index contributed by atoms with van der Waals surface area (Å²) in [7, 11) is -1.09. The minimum absolute atomic E-state index is 0.00276. The van der Waals surface area contributed by atoms with Crippen LogP contribution in [0.25, 0.3) is 11.1 Å². The van der Waals surface area contributed by atoms with Gasteiger partial charge in [0.25, 0.3) is 0 Å². The molecule has 0 saturated heterocycles. The van der Waals surface area contributed by atoms with Crippen molar-refractivity contribution < 1.29 is 26.7 Å². The lowest BCUT2D eigenvalue weighted by molar-refractivity contribution is 0.309. The highest BCUT2D eigenvalue weighted by Gasteiger charge is 2.35. The Balaban J connectivity index is 1.58. The fourth-order valence-corrected chi connectivity index (χ4v) is 6.53. The van der Waals surface area contributed by atoms with Crippen molar-refractivity contribution in [2.24, 2.45) is 0 Å². The highest BCUT2D eigenvalue weighted by molar-refractivity contribution is 7.89. The Labute approximate surface area is 240 Å². The second kappa shape index (κ2) is 11.1. The van der Waals surface area contributed by atoms with Gasteiger partial charge in [-0.1, -0.05) is 24.6 Å². The van der Waals surface area contributed by atoms with Gasteiger partial charge in [-0.3, -0.25) is 0 Å². The van der Waals surface area contributed by atoms with E-state index in [0.717, 1.165) is 0 Å². The third kappa shape index (κ3) is 5.52. The highest BCUT2D eigenvalue weighted by atomic mass is 35.5. The summed E-state index contributed by atoms with van der Waals surface area (Å²) in [6.45, 7) is 4.55. The number of H-pyrrole nitrogens is 1. The molecule has 0 saturated carbocycles. The van der Waals surface area contributed by atoms with Gasteiger partial charge in [0, 0.05) is 35.8 Å². The summed E-state index contributed by atoms with van der Waals surface area (Å²) in [5.41, 5.74) is 2.10. The van der Waals surface area contributed by atoms with E-state index in [1.54, 1.807) is 26.1 Å². The number of nitrogens with one attached hydrogen (secondary N) is 2. The number of benzene rings is 2. The van der Waals surface area contributed by atoms with Crippen LogP contribution in [-0.4, -0.2) is 50.9 Å². The molecule has 41 heavy (non-hydrogen) atoms. The molecular weight excluding hydrogens is 577 g/mol. The summed E-state index contributed by atoms with van der Waals surface area (Å²) in [5.74, 6) is -1.33. The zero-order valence-electron chi connectivity index (χ0n) is 22.6. The molecule has 1 aliphatic heterocycles. The Hall–Kier alpha value is -3.94. The molecule has 14 heteroatoms. The van der Waals surface area contributed by atoms with E-state index in [4.69, 9.17) is 25.5 Å². The molecule has 5 rings (SSSR count). The molecule has 3 heterocycles. The van der Waals surface area contributed by atoms with Gasteiger partial charge in [0.15, 0.2) is 11.6 Å². The van der Waals surface area contributed by atoms with Crippen molar-refractivity contribution in [1.29, 1.82) is 0 Å². The Kier molecular flexibility index (Phi) is 7.77. The zero-order chi connectivity index (χ0) is 29.5. The molecule has 2 unspecified atom stereocenters. The largest absolute Gasteiger partial charge is 0.495 e. The highest BCUT2D eigenvalue weighted by Crippen LogP contribution is 2.40. The van der Waals surface area contributed by atoms with Gasteiger partial charge in [0.2, 0.25) is 15.9 Å². The van der Waals surface area contributed by atoms with Gasteiger partial charge in [-0.2, -0.15) is 4.72 Å². The lowest BCUT2D eigenvalue weighted by atomic mass is 9.86. The van der Waals surface area contributed by atoms with E-state index in [0.29, 0.717) is 41.4 Å². The van der Waals surface area contributed by atoms with Gasteiger partial charge in [0.05, 0.1) is 13.7 Å². The number of sulfonamides is 1. The smallest absolute Gasteiger partial charge is 0.434 e. The maximum atomic E-state index is 15.5. The van der Waals surface area contributed by atoms with E-state index >= 15 is 4.39 Å².